The van der Waals surface area contributed by atoms with E-state index >= 15 is 0 Å². The van der Waals surface area contributed by atoms with Crippen LogP contribution in [0.1, 0.15) is 19.4 Å². The van der Waals surface area contributed by atoms with E-state index in [4.69, 9.17) is 0 Å². The third kappa shape index (κ3) is 3.20. The smallest absolute Gasteiger partial charge is 0.257 e. The van der Waals surface area contributed by atoms with Crippen LogP contribution in [0.25, 0.3) is 22.5 Å². The van der Waals surface area contributed by atoms with Crippen molar-refractivity contribution in [3.8, 4) is 22.5 Å². The molecule has 0 aliphatic rings. The number of hydrogen-bond acceptors (Lipinski definition) is 3. The Morgan fingerprint density at radius 2 is 1.40 bits per heavy atom. The summed E-state index contributed by atoms with van der Waals surface area (Å²) in [5.74, 6) is 0. The van der Waals surface area contributed by atoms with Crippen molar-refractivity contribution in [1.29, 1.82) is 0 Å². The normalized spacial score (nSPS) is 10.7. The van der Waals surface area contributed by atoms with Gasteiger partial charge in [0.2, 0.25) is 0 Å². The van der Waals surface area contributed by atoms with Gasteiger partial charge in [0.25, 0.3) is 5.69 Å². The van der Waals surface area contributed by atoms with E-state index in [0.717, 1.165) is 46.0 Å². The highest BCUT2D eigenvalue weighted by molar-refractivity contribution is 5.81. The van der Waals surface area contributed by atoms with Crippen LogP contribution in [0.2, 0.25) is 0 Å². The molecule has 0 unspecified atom stereocenters. The number of nitrogens with zero attached hydrogens (tertiary/aromatic N) is 3. The van der Waals surface area contributed by atoms with Crippen molar-refractivity contribution in [2.45, 2.75) is 20.8 Å². The minimum Gasteiger partial charge on any atom is -0.594 e. The van der Waals surface area contributed by atoms with Crippen molar-refractivity contribution >= 4 is 5.69 Å². The molecule has 0 radical (unpaired) electrons. The first kappa shape index (κ1) is 17.0. The fourth-order valence-electron chi connectivity index (χ4n) is 3.26. The summed E-state index contributed by atoms with van der Waals surface area (Å²) in [4.78, 5) is 3.02. The average molecular weight is 333 g/mol. The fraction of sp³-hybridized carbons (Fsp3) is 0.238. The highest BCUT2D eigenvalue weighted by Gasteiger charge is 2.25. The Kier molecular flexibility index (Phi) is 4.98. The lowest BCUT2D eigenvalue weighted by Crippen LogP contribution is -2.37. The van der Waals surface area contributed by atoms with Crippen LogP contribution in [-0.2, 0) is 0 Å². The molecule has 0 N–H and O–H groups in total. The molecule has 0 saturated heterocycles. The van der Waals surface area contributed by atoms with Crippen LogP contribution in [0.3, 0.4) is 0 Å². The first-order chi connectivity index (χ1) is 12.2. The Bertz CT molecular complexity index is 844. The summed E-state index contributed by atoms with van der Waals surface area (Å²) in [6, 6.07) is 19.6. The van der Waals surface area contributed by atoms with Gasteiger partial charge < -0.3 is 10.1 Å². The van der Waals surface area contributed by atoms with Crippen molar-refractivity contribution in [3.63, 3.8) is 0 Å². The molecule has 3 aromatic rings. The van der Waals surface area contributed by atoms with Gasteiger partial charge in [-0.2, -0.15) is 0 Å². The molecule has 1 heterocycles. The molecule has 3 rings (SSSR count). The first-order valence-electron chi connectivity index (χ1n) is 8.67. The van der Waals surface area contributed by atoms with E-state index in [0.29, 0.717) is 5.69 Å². The van der Waals surface area contributed by atoms with E-state index in [1.54, 1.807) is 0 Å². The minimum atomic E-state index is 0.613. The molecule has 4 heteroatoms. The number of anilines is 1. The highest BCUT2D eigenvalue weighted by Crippen LogP contribution is 2.35. The molecule has 0 atom stereocenters. The summed E-state index contributed by atoms with van der Waals surface area (Å²) in [6.45, 7) is 7.97. The third-order valence-corrected chi connectivity index (χ3v) is 4.49. The average Bonchev–Trinajstić information content (AvgIpc) is 2.65. The molecule has 1 aromatic heterocycles. The Hall–Kier alpha value is -2.88. The monoisotopic (exact) mass is 333 g/mol. The molecule has 128 valence electrons. The van der Waals surface area contributed by atoms with Crippen LogP contribution in [0.4, 0.5) is 5.69 Å². The minimum absolute atomic E-state index is 0.613. The molecule has 0 bridgehead atoms. The highest BCUT2D eigenvalue weighted by atomic mass is 16.5. The van der Waals surface area contributed by atoms with Crippen LogP contribution in [-0.4, -0.2) is 18.2 Å². The van der Waals surface area contributed by atoms with E-state index in [2.05, 4.69) is 23.8 Å². The topological polar surface area (TPSA) is 43.1 Å². The summed E-state index contributed by atoms with van der Waals surface area (Å²) in [5, 5.41) is 17.2. The van der Waals surface area contributed by atoms with Gasteiger partial charge in [-0.3, -0.25) is 0 Å². The van der Waals surface area contributed by atoms with Crippen LogP contribution in [0.15, 0.2) is 60.7 Å². The maximum absolute atomic E-state index is 12.8. The predicted octanol–water partition coefficient (Wildman–Crippen LogP) is 4.20. The Morgan fingerprint density at radius 1 is 0.880 bits per heavy atom. The van der Waals surface area contributed by atoms with Crippen LogP contribution >= 0.6 is 0 Å². The molecule has 2 aromatic carbocycles. The second-order valence-corrected chi connectivity index (χ2v) is 5.95. The molecule has 0 saturated carbocycles. The molecule has 0 aliphatic carbocycles. The molecule has 0 aliphatic heterocycles. The van der Waals surface area contributed by atoms with Gasteiger partial charge in [-0.15, -0.1) is 0 Å². The molecule has 0 spiro atoms. The fourth-order valence-corrected chi connectivity index (χ4v) is 3.26. The van der Waals surface area contributed by atoms with Crippen LogP contribution < -0.4 is 9.75 Å². The van der Waals surface area contributed by atoms with E-state index < -0.39 is 0 Å². The molecule has 0 fully saturated rings. The van der Waals surface area contributed by atoms with Crippen molar-refractivity contribution < 1.29 is 4.85 Å². The van der Waals surface area contributed by atoms with E-state index in [9.17, 15) is 5.21 Å². The lowest BCUT2D eigenvalue weighted by molar-refractivity contribution is -0.657. The zero-order valence-electron chi connectivity index (χ0n) is 14.9. The number of hydrogen-bond donors (Lipinski definition) is 0. The summed E-state index contributed by atoms with van der Waals surface area (Å²) in [7, 11) is 0. The third-order valence-electron chi connectivity index (χ3n) is 4.49. The lowest BCUT2D eigenvalue weighted by Gasteiger charge is -2.25. The van der Waals surface area contributed by atoms with E-state index in [-0.39, 0.29) is 0 Å². The van der Waals surface area contributed by atoms with Gasteiger partial charge in [0, 0.05) is 23.8 Å². The molecule has 0 amide bonds. The van der Waals surface area contributed by atoms with Crippen LogP contribution in [0, 0.1) is 12.1 Å². The van der Waals surface area contributed by atoms with Crippen molar-refractivity contribution in [2.24, 2.45) is 0 Å². The predicted molar refractivity (Wildman–Crippen MR) is 102 cm³/mol. The van der Waals surface area contributed by atoms with Crippen LogP contribution in [0.5, 0.6) is 0 Å². The van der Waals surface area contributed by atoms with Gasteiger partial charge in [-0.05, 0) is 37.7 Å². The summed E-state index contributed by atoms with van der Waals surface area (Å²) in [5.41, 5.74) is 5.17. The Morgan fingerprint density at radius 3 is 1.92 bits per heavy atom. The lowest BCUT2D eigenvalue weighted by atomic mass is 10.0. The maximum atomic E-state index is 12.8. The van der Waals surface area contributed by atoms with Crippen molar-refractivity contribution in [3.05, 3.63) is 71.4 Å². The van der Waals surface area contributed by atoms with Gasteiger partial charge >= 0.3 is 0 Å². The molecular formula is C21H23N3O. The Balaban J connectivity index is 2.31. The number of rotatable bonds is 5. The van der Waals surface area contributed by atoms with Gasteiger partial charge in [-0.1, -0.05) is 48.5 Å². The van der Waals surface area contributed by atoms with Gasteiger partial charge in [0.1, 0.15) is 0 Å². The molecular weight excluding hydrogens is 310 g/mol. The first-order valence-corrected chi connectivity index (χ1v) is 8.67. The Labute approximate surface area is 148 Å². The SMILES string of the molecule is CCN(CC)c1c(-c2ccccc2)n[n+]([O-])c(-c2ccccc2)c1C. The van der Waals surface area contributed by atoms with E-state index in [1.807, 2.05) is 67.6 Å². The zero-order valence-corrected chi connectivity index (χ0v) is 14.9. The zero-order chi connectivity index (χ0) is 17.8. The summed E-state index contributed by atoms with van der Waals surface area (Å²) < 4.78 is 0. The van der Waals surface area contributed by atoms with Crippen molar-refractivity contribution in [2.75, 3.05) is 18.0 Å². The quantitative estimate of drug-likeness (QED) is 0.519. The van der Waals surface area contributed by atoms with Gasteiger partial charge in [-0.25, -0.2) is 0 Å². The second-order valence-electron chi connectivity index (χ2n) is 5.95. The maximum Gasteiger partial charge on any atom is 0.257 e. The van der Waals surface area contributed by atoms with Gasteiger partial charge in [0.15, 0.2) is 5.69 Å². The number of aromatic nitrogens is 2. The molecule has 25 heavy (non-hydrogen) atoms. The summed E-state index contributed by atoms with van der Waals surface area (Å²) in [6.07, 6.45) is 0. The second kappa shape index (κ2) is 7.34. The van der Waals surface area contributed by atoms with E-state index in [1.165, 1.54) is 0 Å². The summed E-state index contributed by atoms with van der Waals surface area (Å²) >= 11 is 0. The molecule has 4 nitrogen and oxygen atoms in total. The number of benzene rings is 2. The van der Waals surface area contributed by atoms with Gasteiger partial charge in [0.05, 0.1) is 16.8 Å². The largest absolute Gasteiger partial charge is 0.594 e. The van der Waals surface area contributed by atoms with Crippen molar-refractivity contribution in [1.82, 2.24) is 5.10 Å². The standard InChI is InChI=1S/C21H23N3O/c1-4-23(5-2)21-16(3)20(18-14-10-7-11-15-18)24(25)22-19(21)17-12-8-6-9-13-17/h6-15H,4-5H2,1-3H3.